The van der Waals surface area contributed by atoms with Gasteiger partial charge in [0.15, 0.2) is 0 Å². The van der Waals surface area contributed by atoms with Gasteiger partial charge in [0.25, 0.3) is 0 Å². The Morgan fingerprint density at radius 2 is 2.29 bits per heavy atom. The molecule has 1 aliphatic heterocycles. The van der Waals surface area contributed by atoms with E-state index < -0.39 is 0 Å². The number of carbonyl (C=O) groups excluding carboxylic acids is 1. The molecular weight excluding hydrogens is 326 g/mol. The normalized spacial score (nSPS) is 17.8. The van der Waals surface area contributed by atoms with Gasteiger partial charge in [-0.25, -0.2) is 4.79 Å². The van der Waals surface area contributed by atoms with E-state index in [9.17, 15) is 4.79 Å². The molecule has 2 aromatic rings. The lowest BCUT2D eigenvalue weighted by molar-refractivity contribution is 0.190. The minimum absolute atomic E-state index is 0.116. The maximum Gasteiger partial charge on any atom is 0.321 e. The van der Waals surface area contributed by atoms with Crippen LogP contribution in [0.25, 0.3) is 0 Å². The van der Waals surface area contributed by atoms with E-state index in [1.165, 1.54) is 0 Å². The van der Waals surface area contributed by atoms with Crippen LogP contribution in [-0.4, -0.2) is 38.8 Å². The molecule has 128 valence electrons. The van der Waals surface area contributed by atoms with E-state index in [0.717, 1.165) is 37.3 Å². The van der Waals surface area contributed by atoms with Crippen molar-refractivity contribution in [3.8, 4) is 0 Å². The van der Waals surface area contributed by atoms with Crippen LogP contribution in [0, 0.1) is 6.92 Å². The van der Waals surface area contributed by atoms with Crippen molar-refractivity contribution in [3.63, 3.8) is 0 Å². The van der Waals surface area contributed by atoms with E-state index >= 15 is 0 Å². The van der Waals surface area contributed by atoms with Crippen molar-refractivity contribution in [2.24, 2.45) is 0 Å². The summed E-state index contributed by atoms with van der Waals surface area (Å²) in [5.41, 5.74) is 1.71. The number of hydrogen-bond donors (Lipinski definition) is 1. The van der Waals surface area contributed by atoms with E-state index in [-0.39, 0.29) is 11.9 Å². The van der Waals surface area contributed by atoms with Crippen molar-refractivity contribution < 1.29 is 4.79 Å². The SMILES string of the molecule is CCn1cnnc1C1CCCN(C(=O)Nc2cc(C)ccc2Cl)C1. The Kier molecular flexibility index (Phi) is 5.04. The second kappa shape index (κ2) is 7.21. The number of amides is 2. The topological polar surface area (TPSA) is 63.1 Å². The standard InChI is InChI=1S/C17H22ClN5O/c1-3-22-11-19-21-16(22)13-5-4-8-23(10-13)17(24)20-15-9-12(2)6-7-14(15)18/h6-7,9,11,13H,3-5,8,10H2,1-2H3,(H,20,24). The van der Waals surface area contributed by atoms with Gasteiger partial charge in [0, 0.05) is 25.6 Å². The molecule has 1 fully saturated rings. The number of rotatable bonds is 3. The fourth-order valence-corrected chi connectivity index (χ4v) is 3.29. The third-order valence-electron chi connectivity index (χ3n) is 4.42. The molecule has 3 rings (SSSR count). The lowest BCUT2D eigenvalue weighted by Gasteiger charge is -2.32. The predicted molar refractivity (Wildman–Crippen MR) is 94.5 cm³/mol. The van der Waals surface area contributed by atoms with Crippen molar-refractivity contribution in [2.45, 2.75) is 39.2 Å². The zero-order chi connectivity index (χ0) is 17.1. The highest BCUT2D eigenvalue weighted by Crippen LogP contribution is 2.27. The average Bonchev–Trinajstić information content (AvgIpc) is 3.07. The number of urea groups is 1. The molecule has 1 atom stereocenters. The highest BCUT2D eigenvalue weighted by Gasteiger charge is 2.28. The molecule has 0 spiro atoms. The summed E-state index contributed by atoms with van der Waals surface area (Å²) in [4.78, 5) is 14.4. The summed E-state index contributed by atoms with van der Waals surface area (Å²) < 4.78 is 2.05. The molecular formula is C17H22ClN5O. The van der Waals surface area contributed by atoms with Gasteiger partial charge in [-0.15, -0.1) is 10.2 Å². The van der Waals surface area contributed by atoms with Gasteiger partial charge in [-0.05, 0) is 44.4 Å². The van der Waals surface area contributed by atoms with Crippen LogP contribution in [0.2, 0.25) is 5.02 Å². The molecule has 0 saturated carbocycles. The Balaban J connectivity index is 1.70. The lowest BCUT2D eigenvalue weighted by atomic mass is 9.97. The van der Waals surface area contributed by atoms with Gasteiger partial charge < -0.3 is 14.8 Å². The summed E-state index contributed by atoms with van der Waals surface area (Å²) in [5, 5.41) is 11.7. The zero-order valence-electron chi connectivity index (χ0n) is 14.0. The van der Waals surface area contributed by atoms with Crippen LogP contribution in [0.4, 0.5) is 10.5 Å². The Labute approximate surface area is 146 Å². The number of anilines is 1. The van der Waals surface area contributed by atoms with Crippen molar-refractivity contribution in [3.05, 3.63) is 40.9 Å². The number of nitrogens with one attached hydrogen (secondary N) is 1. The number of nitrogens with zero attached hydrogens (tertiary/aromatic N) is 4. The van der Waals surface area contributed by atoms with E-state index in [1.54, 1.807) is 12.4 Å². The first-order valence-corrected chi connectivity index (χ1v) is 8.66. The van der Waals surface area contributed by atoms with Crippen LogP contribution in [0.5, 0.6) is 0 Å². The number of hydrogen-bond acceptors (Lipinski definition) is 3. The second-order valence-electron chi connectivity index (χ2n) is 6.17. The van der Waals surface area contributed by atoms with E-state index in [0.29, 0.717) is 17.3 Å². The van der Waals surface area contributed by atoms with Crippen LogP contribution < -0.4 is 5.32 Å². The third-order valence-corrected chi connectivity index (χ3v) is 4.75. The van der Waals surface area contributed by atoms with E-state index in [1.807, 2.05) is 28.5 Å². The largest absolute Gasteiger partial charge is 0.324 e. The minimum Gasteiger partial charge on any atom is -0.324 e. The molecule has 1 N–H and O–H groups in total. The van der Waals surface area contributed by atoms with Crippen molar-refractivity contribution in [1.82, 2.24) is 19.7 Å². The van der Waals surface area contributed by atoms with Gasteiger partial charge in [-0.3, -0.25) is 0 Å². The summed E-state index contributed by atoms with van der Waals surface area (Å²) in [6.45, 7) is 6.27. The zero-order valence-corrected chi connectivity index (χ0v) is 14.8. The first kappa shape index (κ1) is 16.8. The van der Waals surface area contributed by atoms with Gasteiger partial charge in [0.2, 0.25) is 0 Å². The summed E-state index contributed by atoms with van der Waals surface area (Å²) in [6.07, 6.45) is 3.73. The maximum absolute atomic E-state index is 12.6. The van der Waals surface area contributed by atoms with Crippen LogP contribution in [0.15, 0.2) is 24.5 Å². The number of aryl methyl sites for hydroxylation is 2. The molecule has 2 heterocycles. The molecule has 1 saturated heterocycles. The highest BCUT2D eigenvalue weighted by atomic mass is 35.5. The minimum atomic E-state index is -0.116. The summed E-state index contributed by atoms with van der Waals surface area (Å²) in [7, 11) is 0. The molecule has 7 heteroatoms. The summed E-state index contributed by atoms with van der Waals surface area (Å²) >= 11 is 6.17. The highest BCUT2D eigenvalue weighted by molar-refractivity contribution is 6.33. The number of carbonyl (C=O) groups is 1. The Morgan fingerprint density at radius 3 is 3.08 bits per heavy atom. The Hall–Kier alpha value is -2.08. The quantitative estimate of drug-likeness (QED) is 0.921. The molecule has 1 unspecified atom stereocenters. The van der Waals surface area contributed by atoms with E-state index in [4.69, 9.17) is 11.6 Å². The number of piperidine rings is 1. The van der Waals surface area contributed by atoms with Crippen molar-refractivity contribution in [1.29, 1.82) is 0 Å². The maximum atomic E-state index is 12.6. The molecule has 0 radical (unpaired) electrons. The number of aromatic nitrogens is 3. The summed E-state index contributed by atoms with van der Waals surface area (Å²) in [5.74, 6) is 1.18. The first-order valence-electron chi connectivity index (χ1n) is 8.28. The summed E-state index contributed by atoms with van der Waals surface area (Å²) in [6, 6.07) is 5.49. The number of benzene rings is 1. The van der Waals surface area contributed by atoms with Gasteiger partial charge in [0.1, 0.15) is 12.2 Å². The smallest absolute Gasteiger partial charge is 0.321 e. The van der Waals surface area contributed by atoms with Crippen LogP contribution in [-0.2, 0) is 6.54 Å². The van der Waals surface area contributed by atoms with E-state index in [2.05, 4.69) is 22.4 Å². The first-order chi connectivity index (χ1) is 11.6. The van der Waals surface area contributed by atoms with Gasteiger partial charge in [0.05, 0.1) is 10.7 Å². The number of likely N-dealkylation sites (tertiary alicyclic amines) is 1. The molecule has 0 aliphatic carbocycles. The Bertz CT molecular complexity index is 730. The molecule has 2 amide bonds. The molecule has 1 aliphatic rings. The number of halogens is 1. The molecule has 1 aromatic carbocycles. The van der Waals surface area contributed by atoms with Gasteiger partial charge >= 0.3 is 6.03 Å². The molecule has 24 heavy (non-hydrogen) atoms. The van der Waals surface area contributed by atoms with Crippen LogP contribution in [0.1, 0.15) is 37.1 Å². The second-order valence-corrected chi connectivity index (χ2v) is 6.58. The fraction of sp³-hybridized carbons (Fsp3) is 0.471. The lowest BCUT2D eigenvalue weighted by Crippen LogP contribution is -2.42. The van der Waals surface area contributed by atoms with Gasteiger partial charge in [-0.1, -0.05) is 17.7 Å². The average molecular weight is 348 g/mol. The molecule has 1 aromatic heterocycles. The molecule has 6 nitrogen and oxygen atoms in total. The van der Waals surface area contributed by atoms with Crippen LogP contribution in [0.3, 0.4) is 0 Å². The fourth-order valence-electron chi connectivity index (χ4n) is 3.13. The predicted octanol–water partition coefficient (Wildman–Crippen LogP) is 3.67. The van der Waals surface area contributed by atoms with Crippen LogP contribution >= 0.6 is 11.6 Å². The van der Waals surface area contributed by atoms with Crippen molar-refractivity contribution in [2.75, 3.05) is 18.4 Å². The van der Waals surface area contributed by atoms with Crippen molar-refractivity contribution >= 4 is 23.3 Å². The third kappa shape index (κ3) is 3.53. The Morgan fingerprint density at radius 1 is 1.46 bits per heavy atom. The monoisotopic (exact) mass is 347 g/mol. The van der Waals surface area contributed by atoms with Gasteiger partial charge in [-0.2, -0.15) is 0 Å². The molecule has 0 bridgehead atoms.